The van der Waals surface area contributed by atoms with Crippen LogP contribution < -0.4 is 11.1 Å². The van der Waals surface area contributed by atoms with Crippen LogP contribution in [0, 0.1) is 0 Å². The molecule has 0 aromatic carbocycles. The van der Waals surface area contributed by atoms with Crippen molar-refractivity contribution in [2.45, 2.75) is 19.4 Å². The van der Waals surface area contributed by atoms with Crippen LogP contribution in [0.3, 0.4) is 0 Å². The molecule has 2 amide bonds. The third-order valence-electron chi connectivity index (χ3n) is 2.45. The maximum Gasteiger partial charge on any atom is 0.240 e. The van der Waals surface area contributed by atoms with Crippen molar-refractivity contribution in [3.8, 4) is 0 Å². The van der Waals surface area contributed by atoms with Gasteiger partial charge in [-0.05, 0) is 13.3 Å². The fourth-order valence-electron chi connectivity index (χ4n) is 1.69. The summed E-state index contributed by atoms with van der Waals surface area (Å²) in [6, 6.07) is 0. The van der Waals surface area contributed by atoms with Crippen molar-refractivity contribution >= 4 is 11.8 Å². The van der Waals surface area contributed by atoms with Crippen LogP contribution in [0.5, 0.6) is 0 Å². The van der Waals surface area contributed by atoms with Crippen molar-refractivity contribution in [1.82, 2.24) is 10.2 Å². The van der Waals surface area contributed by atoms with Crippen LogP contribution in [0.25, 0.3) is 0 Å². The number of ether oxygens (including phenoxy) is 1. The molecule has 0 saturated carbocycles. The zero-order valence-electron chi connectivity index (χ0n) is 9.57. The predicted octanol–water partition coefficient (Wildman–Crippen LogP) is -1.30. The first-order valence-corrected chi connectivity index (χ1v) is 5.52. The zero-order chi connectivity index (χ0) is 12.0. The number of carbonyl (C=O) groups is 2. The van der Waals surface area contributed by atoms with Crippen LogP contribution in [-0.4, -0.2) is 55.6 Å². The summed E-state index contributed by atoms with van der Waals surface area (Å²) >= 11 is 0. The number of carbonyl (C=O) groups excluding carboxylic acids is 2. The highest BCUT2D eigenvalue weighted by Crippen LogP contribution is 2.02. The van der Waals surface area contributed by atoms with Crippen LogP contribution in [0.4, 0.5) is 0 Å². The van der Waals surface area contributed by atoms with Gasteiger partial charge in [0.25, 0.3) is 0 Å². The Morgan fingerprint density at radius 1 is 1.44 bits per heavy atom. The maximum atomic E-state index is 11.1. The summed E-state index contributed by atoms with van der Waals surface area (Å²) in [6.45, 7) is 4.20. The molecule has 0 aliphatic carbocycles. The number of rotatable bonds is 6. The first kappa shape index (κ1) is 13.1. The van der Waals surface area contributed by atoms with Gasteiger partial charge in [-0.25, -0.2) is 0 Å². The van der Waals surface area contributed by atoms with Gasteiger partial charge in [-0.3, -0.25) is 19.8 Å². The lowest BCUT2D eigenvalue weighted by Crippen LogP contribution is -2.52. The van der Waals surface area contributed by atoms with Gasteiger partial charge in [0.05, 0.1) is 19.2 Å². The van der Waals surface area contributed by atoms with E-state index in [0.717, 1.165) is 6.42 Å². The number of nitrogens with zero attached hydrogens (tertiary/aromatic N) is 1. The largest absolute Gasteiger partial charge is 0.377 e. The zero-order valence-corrected chi connectivity index (χ0v) is 9.57. The number of piperazine rings is 1. The van der Waals surface area contributed by atoms with Crippen LogP contribution in [0.1, 0.15) is 13.3 Å². The average Bonchev–Trinajstić information content (AvgIpc) is 2.23. The van der Waals surface area contributed by atoms with E-state index >= 15 is 0 Å². The second-order valence-electron chi connectivity index (χ2n) is 3.78. The summed E-state index contributed by atoms with van der Waals surface area (Å²) in [5, 5.41) is 2.26. The number of nitrogens with two attached hydrogens (primary N) is 1. The van der Waals surface area contributed by atoms with Crippen LogP contribution in [0.2, 0.25) is 0 Å². The van der Waals surface area contributed by atoms with Crippen molar-refractivity contribution in [2.24, 2.45) is 5.73 Å². The van der Waals surface area contributed by atoms with Crippen molar-refractivity contribution < 1.29 is 14.3 Å². The Labute approximate surface area is 95.1 Å². The molecular formula is C10H19N3O3. The molecule has 1 saturated heterocycles. The summed E-state index contributed by atoms with van der Waals surface area (Å²) < 4.78 is 5.40. The Balaban J connectivity index is 2.30. The fourth-order valence-corrected chi connectivity index (χ4v) is 1.69. The lowest BCUT2D eigenvalue weighted by atomic mass is 10.2. The molecule has 1 aliphatic rings. The van der Waals surface area contributed by atoms with Gasteiger partial charge in [0.2, 0.25) is 11.8 Å². The molecule has 1 atom stereocenters. The third kappa shape index (κ3) is 4.26. The molecule has 1 fully saturated rings. The number of hydrogen-bond acceptors (Lipinski definition) is 5. The number of hydrogen-bond donors (Lipinski definition) is 2. The second-order valence-corrected chi connectivity index (χ2v) is 3.78. The number of amides is 2. The molecule has 1 aliphatic heterocycles. The summed E-state index contributed by atoms with van der Waals surface area (Å²) in [5.74, 6) is -0.478. The molecule has 3 N–H and O–H groups in total. The fraction of sp³-hybridized carbons (Fsp3) is 0.800. The van der Waals surface area contributed by atoms with Gasteiger partial charge in [-0.1, -0.05) is 0 Å². The summed E-state index contributed by atoms with van der Waals surface area (Å²) in [6.07, 6.45) is 0.746. The molecular weight excluding hydrogens is 210 g/mol. The molecule has 0 spiro atoms. The molecule has 0 aromatic rings. The SMILES string of the molecule is CCOC(CN)CCN1CC(=O)NC(=O)C1. The molecule has 6 nitrogen and oxygen atoms in total. The number of imide groups is 1. The smallest absolute Gasteiger partial charge is 0.240 e. The molecule has 0 aromatic heterocycles. The molecule has 92 valence electrons. The van der Waals surface area contributed by atoms with E-state index in [1.54, 1.807) is 0 Å². The first-order valence-electron chi connectivity index (χ1n) is 5.52. The quantitative estimate of drug-likeness (QED) is 0.553. The second kappa shape index (κ2) is 6.57. The van der Waals surface area contributed by atoms with E-state index in [4.69, 9.17) is 10.5 Å². The van der Waals surface area contributed by atoms with E-state index in [1.165, 1.54) is 0 Å². The standard InChI is InChI=1S/C10H19N3O3/c1-2-16-8(5-11)3-4-13-6-9(14)12-10(15)7-13/h8H,2-7,11H2,1H3,(H,12,14,15). The van der Waals surface area contributed by atoms with Crippen LogP contribution >= 0.6 is 0 Å². The van der Waals surface area contributed by atoms with Crippen molar-refractivity contribution in [1.29, 1.82) is 0 Å². The van der Waals surface area contributed by atoms with Gasteiger partial charge in [0.15, 0.2) is 0 Å². The van der Waals surface area contributed by atoms with E-state index < -0.39 is 0 Å². The van der Waals surface area contributed by atoms with Gasteiger partial charge in [0, 0.05) is 19.7 Å². The molecule has 1 unspecified atom stereocenters. The average molecular weight is 229 g/mol. The maximum absolute atomic E-state index is 11.1. The van der Waals surface area contributed by atoms with Crippen molar-refractivity contribution in [3.05, 3.63) is 0 Å². The van der Waals surface area contributed by atoms with Crippen LogP contribution in [0.15, 0.2) is 0 Å². The predicted molar refractivity (Wildman–Crippen MR) is 58.7 cm³/mol. The van der Waals surface area contributed by atoms with E-state index in [0.29, 0.717) is 19.7 Å². The monoisotopic (exact) mass is 229 g/mol. The molecule has 0 bridgehead atoms. The van der Waals surface area contributed by atoms with Crippen LogP contribution in [-0.2, 0) is 14.3 Å². The lowest BCUT2D eigenvalue weighted by Gasteiger charge is -2.26. The Morgan fingerprint density at radius 3 is 2.56 bits per heavy atom. The minimum Gasteiger partial charge on any atom is -0.377 e. The van der Waals surface area contributed by atoms with E-state index in [9.17, 15) is 9.59 Å². The molecule has 1 heterocycles. The minimum atomic E-state index is -0.239. The lowest BCUT2D eigenvalue weighted by molar-refractivity contribution is -0.136. The number of nitrogens with one attached hydrogen (secondary N) is 1. The highest BCUT2D eigenvalue weighted by Gasteiger charge is 2.22. The summed E-state index contributed by atoms with van der Waals surface area (Å²) in [4.78, 5) is 24.0. The van der Waals surface area contributed by atoms with E-state index in [1.807, 2.05) is 11.8 Å². The molecule has 16 heavy (non-hydrogen) atoms. The Morgan fingerprint density at radius 2 is 2.06 bits per heavy atom. The van der Waals surface area contributed by atoms with E-state index in [-0.39, 0.29) is 31.0 Å². The summed E-state index contributed by atoms with van der Waals surface area (Å²) in [5.41, 5.74) is 5.54. The summed E-state index contributed by atoms with van der Waals surface area (Å²) in [7, 11) is 0. The van der Waals surface area contributed by atoms with E-state index in [2.05, 4.69) is 5.32 Å². The van der Waals surface area contributed by atoms with Gasteiger partial charge in [0.1, 0.15) is 0 Å². The van der Waals surface area contributed by atoms with Gasteiger partial charge in [-0.2, -0.15) is 0 Å². The Bertz CT molecular complexity index is 242. The Hall–Kier alpha value is -0.980. The van der Waals surface area contributed by atoms with Gasteiger partial charge >= 0.3 is 0 Å². The molecule has 6 heteroatoms. The Kier molecular flexibility index (Phi) is 5.37. The van der Waals surface area contributed by atoms with Crippen molar-refractivity contribution in [3.63, 3.8) is 0 Å². The first-order chi connectivity index (χ1) is 7.65. The highest BCUT2D eigenvalue weighted by atomic mass is 16.5. The third-order valence-corrected chi connectivity index (χ3v) is 2.45. The minimum absolute atomic E-state index is 0.00471. The van der Waals surface area contributed by atoms with Crippen molar-refractivity contribution in [2.75, 3.05) is 32.8 Å². The topological polar surface area (TPSA) is 84.7 Å². The molecule has 1 rings (SSSR count). The highest BCUT2D eigenvalue weighted by molar-refractivity contribution is 5.99. The molecule has 0 radical (unpaired) electrons. The van der Waals surface area contributed by atoms with Gasteiger partial charge in [-0.15, -0.1) is 0 Å². The normalized spacial score (nSPS) is 19.6. The van der Waals surface area contributed by atoms with Gasteiger partial charge < -0.3 is 10.5 Å².